The summed E-state index contributed by atoms with van der Waals surface area (Å²) < 4.78 is 11.9. The maximum Gasteiger partial charge on any atom is 0.273 e. The topological polar surface area (TPSA) is 68.6 Å². The molecule has 0 aliphatic heterocycles. The maximum absolute atomic E-state index is 12.4. The summed E-state index contributed by atoms with van der Waals surface area (Å²) in [4.78, 5) is 18.0. The second-order valence-corrected chi connectivity index (χ2v) is 6.65. The van der Waals surface area contributed by atoms with E-state index in [1.54, 1.807) is 17.5 Å². The van der Waals surface area contributed by atoms with Crippen LogP contribution >= 0.6 is 11.3 Å². The van der Waals surface area contributed by atoms with Crippen molar-refractivity contribution in [2.24, 2.45) is 0 Å². The van der Waals surface area contributed by atoms with E-state index in [1.165, 1.54) is 24.8 Å². The largest absolute Gasteiger partial charge is 0.350 e. The van der Waals surface area contributed by atoms with Crippen molar-refractivity contribution in [1.82, 2.24) is 14.6 Å². The van der Waals surface area contributed by atoms with Crippen molar-refractivity contribution in [1.29, 1.82) is 0 Å². The fourth-order valence-electron chi connectivity index (χ4n) is 2.90. The zero-order chi connectivity index (χ0) is 18.1. The Kier molecular flexibility index (Phi) is 4.42. The molecule has 3 heterocycles. The number of benzene rings is 1. The molecule has 7 heteroatoms. The summed E-state index contributed by atoms with van der Waals surface area (Å²) in [6.45, 7) is 0. The van der Waals surface area contributed by atoms with Gasteiger partial charge in [0, 0.05) is 31.4 Å². The highest BCUT2D eigenvalue weighted by atomic mass is 32.1. The summed E-state index contributed by atoms with van der Waals surface area (Å²) in [7, 11) is 3.03. The van der Waals surface area contributed by atoms with Crippen molar-refractivity contribution in [3.05, 3.63) is 70.1 Å². The van der Waals surface area contributed by atoms with Crippen LogP contribution in [0.4, 0.5) is 0 Å². The molecule has 3 aromatic heterocycles. The smallest absolute Gasteiger partial charge is 0.273 e. The van der Waals surface area contributed by atoms with Crippen molar-refractivity contribution < 1.29 is 9.47 Å². The predicted molar refractivity (Wildman–Crippen MR) is 101 cm³/mol. The third kappa shape index (κ3) is 2.86. The number of thiophene rings is 1. The number of methoxy groups -OCH3 is 2. The van der Waals surface area contributed by atoms with Gasteiger partial charge in [-0.25, -0.2) is 9.50 Å². The van der Waals surface area contributed by atoms with Gasteiger partial charge >= 0.3 is 0 Å². The van der Waals surface area contributed by atoms with Crippen molar-refractivity contribution >= 4 is 17.0 Å². The van der Waals surface area contributed by atoms with E-state index in [2.05, 4.69) is 33.7 Å². The molecule has 132 valence electrons. The number of aromatic nitrogens is 3. The van der Waals surface area contributed by atoms with Gasteiger partial charge in [-0.05, 0) is 22.6 Å². The molecule has 4 aromatic rings. The Hall–Kier alpha value is -2.74. The van der Waals surface area contributed by atoms with Gasteiger partial charge in [-0.1, -0.05) is 30.3 Å². The van der Waals surface area contributed by atoms with Crippen LogP contribution in [0.2, 0.25) is 0 Å². The zero-order valence-electron chi connectivity index (χ0n) is 14.3. The van der Waals surface area contributed by atoms with E-state index in [0.717, 1.165) is 21.6 Å². The number of nitrogens with one attached hydrogen (secondary N) is 1. The van der Waals surface area contributed by atoms with E-state index in [4.69, 9.17) is 9.47 Å². The quantitative estimate of drug-likeness (QED) is 0.546. The van der Waals surface area contributed by atoms with E-state index in [0.29, 0.717) is 11.3 Å². The van der Waals surface area contributed by atoms with Crippen LogP contribution in [0, 0.1) is 0 Å². The summed E-state index contributed by atoms with van der Waals surface area (Å²) in [5.41, 5.74) is 3.93. The third-order valence-corrected chi connectivity index (χ3v) is 5.12. The van der Waals surface area contributed by atoms with Crippen molar-refractivity contribution in [3.63, 3.8) is 0 Å². The molecular weight excluding hydrogens is 350 g/mol. The van der Waals surface area contributed by atoms with E-state index >= 15 is 0 Å². The average molecular weight is 367 g/mol. The summed E-state index contributed by atoms with van der Waals surface area (Å²) in [5.74, 6) is 0. The lowest BCUT2D eigenvalue weighted by atomic mass is 10.1. The maximum atomic E-state index is 12.4. The monoisotopic (exact) mass is 367 g/mol. The minimum absolute atomic E-state index is 0.213. The number of H-pyrrole nitrogens is 1. The number of rotatable bonds is 5. The number of ether oxygens (including phenoxy) is 2. The first-order valence-corrected chi connectivity index (χ1v) is 8.90. The molecular formula is C19H17N3O3S. The van der Waals surface area contributed by atoms with Crippen LogP contribution in [0.25, 0.3) is 27.2 Å². The first kappa shape index (κ1) is 16.7. The highest BCUT2D eigenvalue weighted by Crippen LogP contribution is 2.34. The van der Waals surface area contributed by atoms with Crippen molar-refractivity contribution in [2.45, 2.75) is 6.29 Å². The molecule has 0 unspecified atom stereocenters. The van der Waals surface area contributed by atoms with Gasteiger partial charge in [-0.2, -0.15) is 0 Å². The average Bonchev–Trinajstić information content (AvgIpc) is 3.30. The molecule has 1 N–H and O–H groups in total. The SMILES string of the molecule is COC(OC)c1cc(=O)n2[nH]cc(-c3cc(-c4ccccc4)cs3)c2n1. The molecule has 4 rings (SSSR count). The minimum atomic E-state index is -0.682. The highest BCUT2D eigenvalue weighted by molar-refractivity contribution is 7.14. The summed E-state index contributed by atoms with van der Waals surface area (Å²) in [6, 6.07) is 13.7. The second-order valence-electron chi connectivity index (χ2n) is 5.73. The van der Waals surface area contributed by atoms with Gasteiger partial charge in [0.05, 0.1) is 5.56 Å². The second kappa shape index (κ2) is 6.87. The highest BCUT2D eigenvalue weighted by Gasteiger charge is 2.17. The third-order valence-electron chi connectivity index (χ3n) is 4.16. The van der Waals surface area contributed by atoms with Crippen molar-refractivity contribution in [3.8, 4) is 21.6 Å². The van der Waals surface area contributed by atoms with E-state index in [9.17, 15) is 4.79 Å². The first-order chi connectivity index (χ1) is 12.7. The standard InChI is InChI=1S/C19H17N3O3S/c1-24-19(25-2)15-9-17(23)22-18(21-15)14(10-20-22)16-8-13(11-26-16)12-6-4-3-5-7-12/h3-11,19-20H,1-2H3. The molecule has 0 aliphatic rings. The van der Waals surface area contributed by atoms with Gasteiger partial charge in [-0.15, -0.1) is 11.3 Å². The minimum Gasteiger partial charge on any atom is -0.350 e. The van der Waals surface area contributed by atoms with E-state index in [-0.39, 0.29) is 5.56 Å². The Morgan fingerprint density at radius 1 is 1.12 bits per heavy atom. The van der Waals surface area contributed by atoms with Gasteiger partial charge in [-0.3, -0.25) is 9.89 Å². The number of aromatic amines is 1. The lowest BCUT2D eigenvalue weighted by molar-refractivity contribution is -0.108. The summed E-state index contributed by atoms with van der Waals surface area (Å²) in [6.07, 6.45) is 1.11. The Labute approximate surface area is 153 Å². The van der Waals surface area contributed by atoms with Crippen LogP contribution in [0.15, 0.2) is 58.8 Å². The van der Waals surface area contributed by atoms with Crippen LogP contribution < -0.4 is 5.56 Å². The molecule has 0 amide bonds. The van der Waals surface area contributed by atoms with Crippen molar-refractivity contribution in [2.75, 3.05) is 14.2 Å². The summed E-state index contributed by atoms with van der Waals surface area (Å²) >= 11 is 1.61. The molecule has 6 nitrogen and oxygen atoms in total. The molecule has 26 heavy (non-hydrogen) atoms. The molecule has 0 saturated carbocycles. The molecule has 1 aromatic carbocycles. The first-order valence-electron chi connectivity index (χ1n) is 8.02. The molecule has 0 aliphatic carbocycles. The predicted octanol–water partition coefficient (Wildman–Crippen LogP) is 3.71. The molecule has 0 saturated heterocycles. The van der Waals surface area contributed by atoms with Gasteiger partial charge in [0.25, 0.3) is 5.56 Å². The van der Waals surface area contributed by atoms with Gasteiger partial charge in [0.1, 0.15) is 5.69 Å². The Bertz CT molecular complexity index is 1090. The lowest BCUT2D eigenvalue weighted by Gasteiger charge is -2.12. The molecule has 0 atom stereocenters. The Balaban J connectivity index is 1.82. The van der Waals surface area contributed by atoms with Gasteiger partial charge < -0.3 is 9.47 Å². The van der Waals surface area contributed by atoms with Crippen LogP contribution in [0.3, 0.4) is 0 Å². The number of hydrogen-bond acceptors (Lipinski definition) is 5. The van der Waals surface area contributed by atoms with Crippen LogP contribution in [0.1, 0.15) is 12.0 Å². The molecule has 0 spiro atoms. The van der Waals surface area contributed by atoms with Gasteiger partial charge in [0.2, 0.25) is 6.29 Å². The molecule has 0 bridgehead atoms. The van der Waals surface area contributed by atoms with Crippen LogP contribution in [-0.2, 0) is 9.47 Å². The Morgan fingerprint density at radius 2 is 1.88 bits per heavy atom. The zero-order valence-corrected chi connectivity index (χ0v) is 15.1. The number of nitrogens with zero attached hydrogens (tertiary/aromatic N) is 2. The van der Waals surface area contributed by atoms with E-state index < -0.39 is 6.29 Å². The molecule has 0 radical (unpaired) electrons. The van der Waals surface area contributed by atoms with Gasteiger partial charge in [0.15, 0.2) is 5.65 Å². The Morgan fingerprint density at radius 3 is 2.62 bits per heavy atom. The summed E-state index contributed by atoms with van der Waals surface area (Å²) in [5, 5.41) is 5.07. The fourth-order valence-corrected chi connectivity index (χ4v) is 3.83. The lowest BCUT2D eigenvalue weighted by Crippen LogP contribution is -2.18. The fraction of sp³-hybridized carbons (Fsp3) is 0.158. The van der Waals surface area contributed by atoms with E-state index in [1.807, 2.05) is 18.2 Å². The normalized spacial score (nSPS) is 11.5. The molecule has 0 fully saturated rings. The number of fused-ring (bicyclic) bond motifs is 1. The number of hydrogen-bond donors (Lipinski definition) is 1. The van der Waals surface area contributed by atoms with Crippen LogP contribution in [-0.4, -0.2) is 28.8 Å². The van der Waals surface area contributed by atoms with Crippen LogP contribution in [0.5, 0.6) is 0 Å².